The van der Waals surface area contributed by atoms with Gasteiger partial charge in [0.15, 0.2) is 0 Å². The van der Waals surface area contributed by atoms with Crippen LogP contribution in [0.3, 0.4) is 0 Å². The predicted molar refractivity (Wildman–Crippen MR) is 61.8 cm³/mol. The fraction of sp³-hybridized carbons (Fsp3) is 0.308. The summed E-state index contributed by atoms with van der Waals surface area (Å²) in [5, 5.41) is 10.1. The molecule has 2 heteroatoms. The fourth-order valence-electron chi connectivity index (χ4n) is 1.64. The summed E-state index contributed by atoms with van der Waals surface area (Å²) in [4.78, 5) is 4.29. The molecule has 1 aromatic heterocycles. The molecule has 78 valence electrons. The molecule has 0 aliphatic heterocycles. The first-order valence-corrected chi connectivity index (χ1v) is 5.20. The van der Waals surface area contributed by atoms with E-state index in [2.05, 4.69) is 31.0 Å². The zero-order valence-electron chi connectivity index (χ0n) is 9.07. The summed E-state index contributed by atoms with van der Waals surface area (Å²) in [5.41, 5.74) is 3.15. The molecular formula is C13H15NO. The Bertz CT molecular complexity index is 477. The van der Waals surface area contributed by atoms with E-state index < -0.39 is 0 Å². The van der Waals surface area contributed by atoms with E-state index >= 15 is 0 Å². The van der Waals surface area contributed by atoms with Crippen LogP contribution in [0.1, 0.15) is 30.9 Å². The van der Waals surface area contributed by atoms with Crippen molar-refractivity contribution in [3.05, 3.63) is 41.6 Å². The number of benzene rings is 1. The summed E-state index contributed by atoms with van der Waals surface area (Å²) in [6.07, 6.45) is 1.72. The molecule has 1 N–H and O–H groups in total. The molecule has 0 atom stereocenters. The second-order valence-corrected chi connectivity index (χ2v) is 4.11. The van der Waals surface area contributed by atoms with E-state index in [0.717, 1.165) is 16.5 Å². The second kappa shape index (κ2) is 3.99. The summed E-state index contributed by atoms with van der Waals surface area (Å²) in [7, 11) is 0. The van der Waals surface area contributed by atoms with E-state index in [0.29, 0.717) is 5.92 Å². The summed E-state index contributed by atoms with van der Waals surface area (Å²) in [5.74, 6) is 0.521. The van der Waals surface area contributed by atoms with Crippen molar-refractivity contribution >= 4 is 10.9 Å². The van der Waals surface area contributed by atoms with Gasteiger partial charge in [-0.3, -0.25) is 4.98 Å². The minimum Gasteiger partial charge on any atom is -0.392 e. The highest BCUT2D eigenvalue weighted by Gasteiger charge is 2.02. The Morgan fingerprint density at radius 3 is 2.73 bits per heavy atom. The number of nitrogens with zero attached hydrogens (tertiary/aromatic N) is 1. The van der Waals surface area contributed by atoms with Crippen molar-refractivity contribution < 1.29 is 5.11 Å². The molecule has 0 aliphatic carbocycles. The van der Waals surface area contributed by atoms with Crippen LogP contribution in [0.5, 0.6) is 0 Å². The molecule has 0 fully saturated rings. The number of aliphatic hydroxyl groups is 1. The molecule has 0 bridgehead atoms. The van der Waals surface area contributed by atoms with Gasteiger partial charge in [-0.15, -0.1) is 0 Å². The molecule has 2 nitrogen and oxygen atoms in total. The third-order valence-electron chi connectivity index (χ3n) is 2.61. The lowest BCUT2D eigenvalue weighted by Crippen LogP contribution is -1.90. The van der Waals surface area contributed by atoms with Crippen LogP contribution >= 0.6 is 0 Å². The van der Waals surface area contributed by atoms with Gasteiger partial charge in [0, 0.05) is 11.6 Å². The zero-order valence-corrected chi connectivity index (χ0v) is 9.07. The van der Waals surface area contributed by atoms with Crippen molar-refractivity contribution in [2.45, 2.75) is 26.4 Å². The Kier molecular flexibility index (Phi) is 2.69. The van der Waals surface area contributed by atoms with Gasteiger partial charge in [0.05, 0.1) is 12.1 Å². The van der Waals surface area contributed by atoms with Gasteiger partial charge in [-0.1, -0.05) is 19.9 Å². The van der Waals surface area contributed by atoms with Gasteiger partial charge in [0.1, 0.15) is 0 Å². The Hall–Kier alpha value is -1.41. The van der Waals surface area contributed by atoms with E-state index in [9.17, 15) is 0 Å². The molecule has 0 radical (unpaired) electrons. The molecule has 0 saturated carbocycles. The molecule has 1 aromatic carbocycles. The van der Waals surface area contributed by atoms with E-state index in [1.54, 1.807) is 6.20 Å². The number of pyridine rings is 1. The zero-order chi connectivity index (χ0) is 10.8. The molecule has 0 spiro atoms. The van der Waals surface area contributed by atoms with Crippen molar-refractivity contribution in [3.8, 4) is 0 Å². The number of rotatable bonds is 2. The van der Waals surface area contributed by atoms with E-state index in [1.165, 1.54) is 5.56 Å². The first-order valence-electron chi connectivity index (χ1n) is 5.20. The van der Waals surface area contributed by atoms with Gasteiger partial charge >= 0.3 is 0 Å². The third kappa shape index (κ3) is 2.00. The van der Waals surface area contributed by atoms with Crippen LogP contribution < -0.4 is 0 Å². The minimum absolute atomic E-state index is 0.0504. The normalized spacial score (nSPS) is 11.2. The Labute approximate surface area is 89.6 Å². The van der Waals surface area contributed by atoms with Gasteiger partial charge in [-0.2, -0.15) is 0 Å². The molecule has 0 saturated heterocycles. The standard InChI is InChI=1S/C13H15NO/c1-9(2)11-3-4-13-12(6-11)5-10(8-15)7-14-13/h3-7,9,15H,8H2,1-2H3. The highest BCUT2D eigenvalue weighted by molar-refractivity contribution is 5.79. The number of aliphatic hydroxyl groups excluding tert-OH is 1. The quantitative estimate of drug-likeness (QED) is 0.810. The average molecular weight is 201 g/mol. The van der Waals surface area contributed by atoms with Crippen LogP contribution in [-0.2, 0) is 6.61 Å². The topological polar surface area (TPSA) is 33.1 Å². The smallest absolute Gasteiger partial charge is 0.0702 e. The Morgan fingerprint density at radius 2 is 2.07 bits per heavy atom. The van der Waals surface area contributed by atoms with Crippen LogP contribution in [-0.4, -0.2) is 10.1 Å². The number of aromatic nitrogens is 1. The van der Waals surface area contributed by atoms with Crippen molar-refractivity contribution in [2.24, 2.45) is 0 Å². The van der Waals surface area contributed by atoms with Crippen molar-refractivity contribution in [3.63, 3.8) is 0 Å². The summed E-state index contributed by atoms with van der Waals surface area (Å²) < 4.78 is 0. The van der Waals surface area contributed by atoms with E-state index in [-0.39, 0.29) is 6.61 Å². The molecule has 1 heterocycles. The SMILES string of the molecule is CC(C)c1ccc2ncc(CO)cc2c1. The molecule has 15 heavy (non-hydrogen) atoms. The maximum absolute atomic E-state index is 9.04. The van der Waals surface area contributed by atoms with Gasteiger partial charge in [0.25, 0.3) is 0 Å². The van der Waals surface area contributed by atoms with Gasteiger partial charge < -0.3 is 5.11 Å². The summed E-state index contributed by atoms with van der Waals surface area (Å²) in [6.45, 7) is 4.39. The maximum atomic E-state index is 9.04. The first-order chi connectivity index (χ1) is 7.20. The van der Waals surface area contributed by atoms with Crippen LogP contribution in [0.4, 0.5) is 0 Å². The van der Waals surface area contributed by atoms with Crippen molar-refractivity contribution in [2.75, 3.05) is 0 Å². The molecule has 2 rings (SSSR count). The first kappa shape index (κ1) is 10.1. The Balaban J connectivity index is 2.57. The monoisotopic (exact) mass is 201 g/mol. The van der Waals surface area contributed by atoms with Gasteiger partial charge in [-0.25, -0.2) is 0 Å². The lowest BCUT2D eigenvalue weighted by molar-refractivity contribution is 0.281. The molecule has 2 aromatic rings. The number of hydrogen-bond donors (Lipinski definition) is 1. The number of hydrogen-bond acceptors (Lipinski definition) is 2. The van der Waals surface area contributed by atoms with Crippen LogP contribution in [0.15, 0.2) is 30.5 Å². The molecule has 0 aliphatic rings. The predicted octanol–water partition coefficient (Wildman–Crippen LogP) is 2.85. The van der Waals surface area contributed by atoms with Gasteiger partial charge in [0.2, 0.25) is 0 Å². The van der Waals surface area contributed by atoms with Gasteiger partial charge in [-0.05, 0) is 35.2 Å². The van der Waals surface area contributed by atoms with E-state index in [4.69, 9.17) is 5.11 Å². The highest BCUT2D eigenvalue weighted by atomic mass is 16.3. The fourth-order valence-corrected chi connectivity index (χ4v) is 1.64. The lowest BCUT2D eigenvalue weighted by atomic mass is 10.0. The lowest BCUT2D eigenvalue weighted by Gasteiger charge is -2.07. The van der Waals surface area contributed by atoms with Crippen molar-refractivity contribution in [1.29, 1.82) is 0 Å². The van der Waals surface area contributed by atoms with Crippen LogP contribution in [0.2, 0.25) is 0 Å². The molecule has 0 unspecified atom stereocenters. The minimum atomic E-state index is 0.0504. The summed E-state index contributed by atoms with van der Waals surface area (Å²) >= 11 is 0. The largest absolute Gasteiger partial charge is 0.392 e. The average Bonchev–Trinajstić information content (AvgIpc) is 2.27. The van der Waals surface area contributed by atoms with Crippen LogP contribution in [0.25, 0.3) is 10.9 Å². The van der Waals surface area contributed by atoms with E-state index in [1.807, 2.05) is 12.1 Å². The number of fused-ring (bicyclic) bond motifs is 1. The maximum Gasteiger partial charge on any atom is 0.0702 e. The third-order valence-corrected chi connectivity index (χ3v) is 2.61. The van der Waals surface area contributed by atoms with Crippen LogP contribution in [0, 0.1) is 0 Å². The molecular weight excluding hydrogens is 186 g/mol. The highest BCUT2D eigenvalue weighted by Crippen LogP contribution is 2.20. The summed E-state index contributed by atoms with van der Waals surface area (Å²) in [6, 6.07) is 8.28. The second-order valence-electron chi connectivity index (χ2n) is 4.11. The Morgan fingerprint density at radius 1 is 1.27 bits per heavy atom. The molecule has 0 amide bonds. The van der Waals surface area contributed by atoms with Crippen molar-refractivity contribution in [1.82, 2.24) is 4.98 Å².